The fourth-order valence-corrected chi connectivity index (χ4v) is 1.80. The van der Waals surface area contributed by atoms with E-state index in [1.165, 1.54) is 24.8 Å². The van der Waals surface area contributed by atoms with Gasteiger partial charge in [0, 0.05) is 5.56 Å². The van der Waals surface area contributed by atoms with Gasteiger partial charge in [-0.15, -0.1) is 6.42 Å². The second kappa shape index (κ2) is 5.75. The summed E-state index contributed by atoms with van der Waals surface area (Å²) in [5.41, 5.74) is 2.82. The van der Waals surface area contributed by atoms with Gasteiger partial charge in [0.2, 0.25) is 0 Å². The number of aryl methyl sites for hydroxylation is 1. The monoisotopic (exact) mass is 214 g/mol. The summed E-state index contributed by atoms with van der Waals surface area (Å²) in [6, 6.07) is 8.32. The summed E-state index contributed by atoms with van der Waals surface area (Å²) in [5.74, 6) is 2.68. The number of rotatable bonds is 4. The van der Waals surface area contributed by atoms with Gasteiger partial charge < -0.3 is 0 Å². The Labute approximate surface area is 100 Å². The summed E-state index contributed by atoms with van der Waals surface area (Å²) in [6.07, 6.45) is 10.4. The summed E-state index contributed by atoms with van der Waals surface area (Å²) >= 11 is 0. The van der Waals surface area contributed by atoms with Crippen LogP contribution in [0.5, 0.6) is 0 Å². The van der Waals surface area contributed by atoms with Crippen molar-refractivity contribution in [3.05, 3.63) is 35.4 Å². The highest BCUT2D eigenvalue weighted by molar-refractivity contribution is 5.35. The predicted octanol–water partition coefficient (Wildman–Crippen LogP) is 4.43. The van der Waals surface area contributed by atoms with E-state index in [0.29, 0.717) is 5.41 Å². The van der Waals surface area contributed by atoms with Gasteiger partial charge in [0.25, 0.3) is 0 Å². The first-order valence-electron chi connectivity index (χ1n) is 6.07. The molecule has 0 N–H and O–H groups in total. The number of hydrogen-bond donors (Lipinski definition) is 0. The Balaban J connectivity index is 2.35. The molecule has 0 radical (unpaired) electrons. The van der Waals surface area contributed by atoms with Crippen LogP contribution in [0, 0.1) is 17.8 Å². The Morgan fingerprint density at radius 2 is 1.94 bits per heavy atom. The molecule has 0 nitrogen and oxygen atoms in total. The first-order valence-corrected chi connectivity index (χ1v) is 6.07. The molecule has 1 rings (SSSR count). The van der Waals surface area contributed by atoms with Crippen LogP contribution in [0.25, 0.3) is 0 Å². The Hall–Kier alpha value is -1.22. The highest BCUT2D eigenvalue weighted by Gasteiger charge is 2.08. The van der Waals surface area contributed by atoms with E-state index in [2.05, 4.69) is 38.8 Å². The second-order valence-corrected chi connectivity index (χ2v) is 5.61. The van der Waals surface area contributed by atoms with Crippen LogP contribution in [0.15, 0.2) is 24.3 Å². The van der Waals surface area contributed by atoms with Gasteiger partial charge in [0.1, 0.15) is 0 Å². The maximum atomic E-state index is 5.38. The number of benzene rings is 1. The van der Waals surface area contributed by atoms with Crippen LogP contribution in [0.3, 0.4) is 0 Å². The quantitative estimate of drug-likeness (QED) is 0.514. The van der Waals surface area contributed by atoms with Crippen LogP contribution in [0.1, 0.15) is 51.2 Å². The first kappa shape index (κ1) is 12.8. The van der Waals surface area contributed by atoms with Crippen molar-refractivity contribution in [2.24, 2.45) is 5.41 Å². The van der Waals surface area contributed by atoms with Crippen molar-refractivity contribution in [1.29, 1.82) is 0 Å². The molecular weight excluding hydrogens is 192 g/mol. The molecule has 0 unspecified atom stereocenters. The lowest BCUT2D eigenvalue weighted by Crippen LogP contribution is -2.04. The lowest BCUT2D eigenvalue weighted by Gasteiger charge is -2.17. The van der Waals surface area contributed by atoms with Gasteiger partial charge in [0.15, 0.2) is 0 Å². The molecule has 0 saturated heterocycles. The van der Waals surface area contributed by atoms with E-state index in [4.69, 9.17) is 6.42 Å². The zero-order chi connectivity index (χ0) is 12.0. The van der Waals surface area contributed by atoms with E-state index in [1.54, 1.807) is 0 Å². The highest BCUT2D eigenvalue weighted by atomic mass is 14.1. The van der Waals surface area contributed by atoms with Gasteiger partial charge in [0.05, 0.1) is 0 Å². The van der Waals surface area contributed by atoms with Gasteiger partial charge in [-0.25, -0.2) is 0 Å². The predicted molar refractivity (Wildman–Crippen MR) is 71.4 cm³/mol. The lowest BCUT2D eigenvalue weighted by molar-refractivity contribution is 0.360. The minimum atomic E-state index is 0.459. The van der Waals surface area contributed by atoms with E-state index < -0.39 is 0 Å². The Kier molecular flexibility index (Phi) is 4.62. The van der Waals surface area contributed by atoms with E-state index in [-0.39, 0.29) is 0 Å². The normalized spacial score (nSPS) is 11.1. The van der Waals surface area contributed by atoms with Crippen molar-refractivity contribution in [3.8, 4) is 12.3 Å². The molecule has 16 heavy (non-hydrogen) atoms. The third kappa shape index (κ3) is 5.03. The zero-order valence-electron chi connectivity index (χ0n) is 10.7. The topological polar surface area (TPSA) is 0 Å². The summed E-state index contributed by atoms with van der Waals surface area (Å²) < 4.78 is 0. The van der Waals surface area contributed by atoms with Crippen LogP contribution >= 0.6 is 0 Å². The summed E-state index contributed by atoms with van der Waals surface area (Å²) in [6.45, 7) is 6.89. The van der Waals surface area contributed by atoms with Crippen molar-refractivity contribution in [2.45, 2.75) is 46.5 Å². The van der Waals surface area contributed by atoms with Crippen molar-refractivity contribution in [1.82, 2.24) is 0 Å². The molecule has 0 spiro atoms. The Bertz CT molecular complexity index is 360. The van der Waals surface area contributed by atoms with Gasteiger partial charge in [-0.1, -0.05) is 45.2 Å². The largest absolute Gasteiger partial charge is 0.115 e. The van der Waals surface area contributed by atoms with Crippen LogP contribution < -0.4 is 0 Å². The molecule has 0 heteroatoms. The molecule has 1 aromatic rings. The average molecular weight is 214 g/mol. The number of hydrogen-bond acceptors (Lipinski definition) is 0. The number of unbranched alkanes of at least 4 members (excludes halogenated alkanes) is 1. The molecule has 0 aliphatic carbocycles. The van der Waals surface area contributed by atoms with Crippen LogP contribution in [0.4, 0.5) is 0 Å². The van der Waals surface area contributed by atoms with Crippen LogP contribution in [0.2, 0.25) is 0 Å². The third-order valence-corrected chi connectivity index (χ3v) is 2.74. The lowest BCUT2D eigenvalue weighted by atomic mass is 9.89. The van der Waals surface area contributed by atoms with Gasteiger partial charge >= 0.3 is 0 Å². The fourth-order valence-electron chi connectivity index (χ4n) is 1.80. The van der Waals surface area contributed by atoms with Crippen molar-refractivity contribution in [2.75, 3.05) is 0 Å². The van der Waals surface area contributed by atoms with Crippen molar-refractivity contribution in [3.63, 3.8) is 0 Å². The highest BCUT2D eigenvalue weighted by Crippen LogP contribution is 2.22. The van der Waals surface area contributed by atoms with Gasteiger partial charge in [-0.2, -0.15) is 0 Å². The first-order chi connectivity index (χ1) is 7.51. The molecular formula is C16H22. The molecule has 0 fully saturated rings. The fraction of sp³-hybridized carbons (Fsp3) is 0.500. The average Bonchev–Trinajstić information content (AvgIpc) is 2.23. The van der Waals surface area contributed by atoms with E-state index in [1.807, 2.05) is 12.1 Å². The molecule has 0 aliphatic rings. The molecule has 0 saturated carbocycles. The van der Waals surface area contributed by atoms with Crippen LogP contribution in [-0.2, 0) is 6.42 Å². The van der Waals surface area contributed by atoms with E-state index in [9.17, 15) is 0 Å². The Morgan fingerprint density at radius 1 is 1.19 bits per heavy atom. The van der Waals surface area contributed by atoms with Gasteiger partial charge in [-0.05, 0) is 42.4 Å². The Morgan fingerprint density at radius 3 is 2.56 bits per heavy atom. The SMILES string of the molecule is C#Cc1cccc(CCCCC(C)(C)C)c1. The molecule has 1 aromatic carbocycles. The summed E-state index contributed by atoms with van der Waals surface area (Å²) in [7, 11) is 0. The maximum Gasteiger partial charge on any atom is 0.0245 e. The molecule has 0 amide bonds. The molecule has 86 valence electrons. The molecule has 0 aliphatic heterocycles. The summed E-state index contributed by atoms with van der Waals surface area (Å²) in [5, 5.41) is 0. The molecule has 0 bridgehead atoms. The molecule has 0 heterocycles. The molecule has 0 atom stereocenters. The number of terminal acetylenes is 1. The minimum Gasteiger partial charge on any atom is -0.115 e. The van der Waals surface area contributed by atoms with Gasteiger partial charge in [-0.3, -0.25) is 0 Å². The van der Waals surface area contributed by atoms with Crippen molar-refractivity contribution >= 4 is 0 Å². The zero-order valence-corrected chi connectivity index (χ0v) is 10.7. The maximum absolute atomic E-state index is 5.38. The standard InChI is InChI=1S/C16H22/c1-5-14-10-8-11-15(13-14)9-6-7-12-16(2,3)4/h1,8,10-11,13H,6-7,9,12H2,2-4H3. The van der Waals surface area contributed by atoms with Crippen LogP contribution in [-0.4, -0.2) is 0 Å². The van der Waals surface area contributed by atoms with E-state index in [0.717, 1.165) is 12.0 Å². The van der Waals surface area contributed by atoms with Crippen molar-refractivity contribution < 1.29 is 0 Å². The smallest absolute Gasteiger partial charge is 0.0245 e. The third-order valence-electron chi connectivity index (χ3n) is 2.74. The molecule has 0 aromatic heterocycles. The summed E-state index contributed by atoms with van der Waals surface area (Å²) in [4.78, 5) is 0. The second-order valence-electron chi connectivity index (χ2n) is 5.61. The van der Waals surface area contributed by atoms with E-state index >= 15 is 0 Å². The minimum absolute atomic E-state index is 0.459.